The van der Waals surface area contributed by atoms with Crippen LogP contribution in [0.3, 0.4) is 0 Å². The molecule has 0 saturated carbocycles. The number of carbonyl (C=O) groups is 2. The molecule has 2 aromatic rings. The van der Waals surface area contributed by atoms with Crippen LogP contribution in [0.25, 0.3) is 0 Å². The summed E-state index contributed by atoms with van der Waals surface area (Å²) in [7, 11) is 1.66. The summed E-state index contributed by atoms with van der Waals surface area (Å²) in [4.78, 5) is 28.0. The van der Waals surface area contributed by atoms with Crippen molar-refractivity contribution >= 4 is 17.6 Å². The Hall–Kier alpha value is -3.36. The molecule has 0 aliphatic carbocycles. The number of anilines is 1. The van der Waals surface area contributed by atoms with Crippen LogP contribution in [-0.4, -0.2) is 50.2 Å². The molecule has 1 aliphatic heterocycles. The van der Waals surface area contributed by atoms with E-state index >= 15 is 0 Å². The number of alkyl halides is 2. The molecule has 166 valence electrons. The van der Waals surface area contributed by atoms with Gasteiger partial charge in [0, 0.05) is 37.9 Å². The number of hydrogen-bond acceptors (Lipinski definition) is 4. The number of nitrogens with zero attached hydrogens (tertiary/aromatic N) is 2. The average Bonchev–Trinajstić information content (AvgIpc) is 3.14. The first-order valence-electron chi connectivity index (χ1n) is 9.92. The van der Waals surface area contributed by atoms with E-state index in [2.05, 4.69) is 10.1 Å². The first-order chi connectivity index (χ1) is 14.8. The molecule has 9 heteroatoms. The zero-order valence-corrected chi connectivity index (χ0v) is 17.7. The van der Waals surface area contributed by atoms with E-state index in [1.165, 1.54) is 11.0 Å². The number of aryl methyl sites for hydroxylation is 1. The van der Waals surface area contributed by atoms with Gasteiger partial charge in [-0.1, -0.05) is 6.07 Å². The molecule has 3 amide bonds. The summed E-state index contributed by atoms with van der Waals surface area (Å²) in [6, 6.07) is 9.68. The van der Waals surface area contributed by atoms with Gasteiger partial charge in [-0.15, -0.1) is 0 Å². The number of hydrogen-bond donors (Lipinski definition) is 1. The van der Waals surface area contributed by atoms with Crippen LogP contribution in [0.15, 0.2) is 36.4 Å². The zero-order valence-electron chi connectivity index (χ0n) is 17.7. The summed E-state index contributed by atoms with van der Waals surface area (Å²) in [6.45, 7) is 2.36. The minimum Gasteiger partial charge on any atom is -0.490 e. The topological polar surface area (TPSA) is 71.1 Å². The van der Waals surface area contributed by atoms with Crippen LogP contribution in [0.1, 0.15) is 28.4 Å². The maximum atomic E-state index is 12.9. The van der Waals surface area contributed by atoms with Crippen molar-refractivity contribution < 1.29 is 27.8 Å². The Bertz CT molecular complexity index is 968. The van der Waals surface area contributed by atoms with Gasteiger partial charge in [-0.05, 0) is 55.3 Å². The van der Waals surface area contributed by atoms with Crippen LogP contribution in [0.2, 0.25) is 0 Å². The van der Waals surface area contributed by atoms with Crippen molar-refractivity contribution in [2.45, 2.75) is 27.0 Å². The third kappa shape index (κ3) is 5.22. The van der Waals surface area contributed by atoms with E-state index in [0.29, 0.717) is 30.8 Å². The van der Waals surface area contributed by atoms with Crippen LogP contribution >= 0.6 is 0 Å². The summed E-state index contributed by atoms with van der Waals surface area (Å²) in [5.74, 6) is -0.0524. The van der Waals surface area contributed by atoms with Crippen LogP contribution in [0.5, 0.6) is 11.5 Å². The molecule has 0 aromatic heterocycles. The number of ether oxygens (including phenoxy) is 2. The fourth-order valence-corrected chi connectivity index (χ4v) is 3.47. The standard InChI is InChI=1S/C22H25F2N3O4/c1-4-30-19-12-15(5-8-18(19)31-21(23)24)13-26(3)20(28)16-6-7-17(14(2)11-16)27-10-9-25-22(27)29/h5-8,11-12,21H,4,9-10,13H2,1-3H3,(H,25,29). The number of rotatable bonds is 8. The largest absolute Gasteiger partial charge is 0.490 e. The molecule has 31 heavy (non-hydrogen) atoms. The highest BCUT2D eigenvalue weighted by Crippen LogP contribution is 2.30. The number of benzene rings is 2. The van der Waals surface area contributed by atoms with Gasteiger partial charge in [-0.25, -0.2) is 4.79 Å². The Kier molecular flexibility index (Phi) is 6.94. The summed E-state index contributed by atoms with van der Waals surface area (Å²) >= 11 is 0. The van der Waals surface area contributed by atoms with Crippen LogP contribution in [0, 0.1) is 6.92 Å². The second-order valence-electron chi connectivity index (χ2n) is 7.14. The lowest BCUT2D eigenvalue weighted by molar-refractivity contribution is -0.0514. The molecule has 0 spiro atoms. The van der Waals surface area contributed by atoms with E-state index in [9.17, 15) is 18.4 Å². The molecule has 1 aliphatic rings. The monoisotopic (exact) mass is 433 g/mol. The van der Waals surface area contributed by atoms with Crippen LogP contribution in [-0.2, 0) is 6.54 Å². The molecular weight excluding hydrogens is 408 g/mol. The van der Waals surface area contributed by atoms with E-state index in [4.69, 9.17) is 4.74 Å². The third-order valence-corrected chi connectivity index (χ3v) is 4.88. The molecule has 0 atom stereocenters. The molecule has 0 unspecified atom stereocenters. The van der Waals surface area contributed by atoms with Crippen molar-refractivity contribution in [1.82, 2.24) is 10.2 Å². The van der Waals surface area contributed by atoms with Gasteiger partial charge >= 0.3 is 12.6 Å². The highest BCUT2D eigenvalue weighted by Gasteiger charge is 2.23. The summed E-state index contributed by atoms with van der Waals surface area (Å²) in [5.41, 5.74) is 2.79. The Morgan fingerprint density at radius 2 is 2.00 bits per heavy atom. The lowest BCUT2D eigenvalue weighted by atomic mass is 10.1. The Labute approximate surface area is 179 Å². The SMILES string of the molecule is CCOc1cc(CN(C)C(=O)c2ccc(N3CCNC3=O)c(C)c2)ccc1OC(F)F. The van der Waals surface area contributed by atoms with Crippen LogP contribution in [0.4, 0.5) is 19.3 Å². The summed E-state index contributed by atoms with van der Waals surface area (Å²) in [6.07, 6.45) is 0. The highest BCUT2D eigenvalue weighted by molar-refractivity contribution is 5.97. The van der Waals surface area contributed by atoms with E-state index in [0.717, 1.165) is 11.3 Å². The second-order valence-corrected chi connectivity index (χ2v) is 7.14. The van der Waals surface area contributed by atoms with Crippen LogP contribution < -0.4 is 19.7 Å². The molecule has 1 fully saturated rings. The maximum absolute atomic E-state index is 12.9. The molecule has 7 nitrogen and oxygen atoms in total. The predicted octanol–water partition coefficient (Wildman–Crippen LogP) is 3.80. The Balaban J connectivity index is 1.73. The predicted molar refractivity (Wildman–Crippen MR) is 112 cm³/mol. The van der Waals surface area contributed by atoms with E-state index in [1.807, 2.05) is 6.92 Å². The van der Waals surface area contributed by atoms with E-state index in [1.54, 1.807) is 49.2 Å². The molecular formula is C22H25F2N3O4. The first-order valence-corrected chi connectivity index (χ1v) is 9.92. The van der Waals surface area contributed by atoms with Crippen molar-refractivity contribution in [2.24, 2.45) is 0 Å². The maximum Gasteiger partial charge on any atom is 0.387 e. The van der Waals surface area contributed by atoms with E-state index < -0.39 is 6.61 Å². The van der Waals surface area contributed by atoms with Gasteiger partial charge in [0.1, 0.15) is 0 Å². The lowest BCUT2D eigenvalue weighted by Gasteiger charge is -2.21. The van der Waals surface area contributed by atoms with Crippen molar-refractivity contribution in [3.05, 3.63) is 53.1 Å². The average molecular weight is 433 g/mol. The number of amides is 3. The van der Waals surface area contributed by atoms with Crippen molar-refractivity contribution in [3.8, 4) is 11.5 Å². The molecule has 1 N–H and O–H groups in total. The minimum absolute atomic E-state index is 0.0493. The van der Waals surface area contributed by atoms with Crippen molar-refractivity contribution in [2.75, 3.05) is 31.6 Å². The second kappa shape index (κ2) is 9.63. The minimum atomic E-state index is -2.95. The van der Waals surface area contributed by atoms with Gasteiger partial charge in [0.25, 0.3) is 5.91 Å². The van der Waals surface area contributed by atoms with E-state index in [-0.39, 0.29) is 30.0 Å². The van der Waals surface area contributed by atoms with Crippen molar-refractivity contribution in [3.63, 3.8) is 0 Å². The normalized spacial score (nSPS) is 13.4. The zero-order chi connectivity index (χ0) is 22.5. The van der Waals surface area contributed by atoms with Gasteiger partial charge in [0.05, 0.1) is 6.61 Å². The quantitative estimate of drug-likeness (QED) is 0.688. The fourth-order valence-electron chi connectivity index (χ4n) is 3.47. The molecule has 1 saturated heterocycles. The first kappa shape index (κ1) is 22.3. The number of urea groups is 1. The van der Waals surface area contributed by atoms with Gasteiger partial charge in [-0.3, -0.25) is 9.69 Å². The van der Waals surface area contributed by atoms with Gasteiger partial charge in [0.15, 0.2) is 11.5 Å². The number of nitrogens with one attached hydrogen (secondary N) is 1. The van der Waals surface area contributed by atoms with Crippen molar-refractivity contribution in [1.29, 1.82) is 0 Å². The van der Waals surface area contributed by atoms with Gasteiger partial charge < -0.3 is 19.7 Å². The summed E-state index contributed by atoms with van der Waals surface area (Å²) < 4.78 is 35.0. The number of halogens is 2. The van der Waals surface area contributed by atoms with Gasteiger partial charge in [0.2, 0.25) is 0 Å². The third-order valence-electron chi connectivity index (χ3n) is 4.88. The number of carbonyl (C=O) groups excluding carboxylic acids is 2. The van der Waals surface area contributed by atoms with Gasteiger partial charge in [-0.2, -0.15) is 8.78 Å². The summed E-state index contributed by atoms with van der Waals surface area (Å²) in [5, 5.41) is 2.76. The molecule has 1 heterocycles. The fraction of sp³-hybridized carbons (Fsp3) is 0.364. The Morgan fingerprint density at radius 3 is 2.61 bits per heavy atom. The molecule has 0 bridgehead atoms. The smallest absolute Gasteiger partial charge is 0.387 e. The molecule has 3 rings (SSSR count). The highest BCUT2D eigenvalue weighted by atomic mass is 19.3. The molecule has 0 radical (unpaired) electrons. The lowest BCUT2D eigenvalue weighted by Crippen LogP contribution is -2.29. The Morgan fingerprint density at radius 1 is 1.23 bits per heavy atom. The molecule has 2 aromatic carbocycles.